The molecule has 0 amide bonds. The van der Waals surface area contributed by atoms with Gasteiger partial charge < -0.3 is 14.6 Å². The van der Waals surface area contributed by atoms with E-state index in [1.54, 1.807) is 6.33 Å². The summed E-state index contributed by atoms with van der Waals surface area (Å²) in [6.45, 7) is 4.72. The van der Waals surface area contributed by atoms with E-state index in [1.165, 1.54) is 0 Å². The molecule has 14 heavy (non-hydrogen) atoms. The molecule has 1 atom stereocenters. The first-order valence-corrected chi connectivity index (χ1v) is 4.90. The number of hydrogen-bond acceptors (Lipinski definition) is 3. The summed E-state index contributed by atoms with van der Waals surface area (Å²) in [6, 6.07) is 0.179. The first-order chi connectivity index (χ1) is 6.63. The van der Waals surface area contributed by atoms with Crippen molar-refractivity contribution in [3.05, 3.63) is 18.2 Å². The molecule has 1 heterocycles. The number of nitrogens with one attached hydrogen (secondary N) is 1. The molecule has 80 valence electrons. The Bertz CT molecular complexity index is 270. The first-order valence-electron chi connectivity index (χ1n) is 4.90. The highest BCUT2D eigenvalue weighted by Gasteiger charge is 2.12. The quantitative estimate of drug-likeness (QED) is 0.768. The molecule has 0 bridgehead atoms. The van der Waals surface area contributed by atoms with Crippen molar-refractivity contribution in [2.75, 3.05) is 13.7 Å². The molecular weight excluding hydrogens is 178 g/mol. The van der Waals surface area contributed by atoms with Gasteiger partial charge in [-0.25, -0.2) is 4.98 Å². The molecule has 1 rings (SSSR count). The molecule has 0 spiro atoms. The third kappa shape index (κ3) is 3.12. The maximum absolute atomic E-state index is 5.55. The van der Waals surface area contributed by atoms with E-state index < -0.39 is 0 Å². The highest BCUT2D eigenvalue weighted by atomic mass is 16.5. The summed E-state index contributed by atoms with van der Waals surface area (Å²) in [5, 5.41) is 3.19. The third-order valence-electron chi connectivity index (χ3n) is 2.03. The van der Waals surface area contributed by atoms with Gasteiger partial charge in [-0.05, 0) is 20.9 Å². The smallest absolute Gasteiger partial charge is 0.0947 e. The van der Waals surface area contributed by atoms with E-state index in [0.29, 0.717) is 6.61 Å². The molecule has 1 N–H and O–H groups in total. The summed E-state index contributed by atoms with van der Waals surface area (Å²) in [6.07, 6.45) is 4.06. The molecule has 1 unspecified atom stereocenters. The maximum atomic E-state index is 5.55. The van der Waals surface area contributed by atoms with Gasteiger partial charge in [0.05, 0.1) is 30.8 Å². The zero-order valence-corrected chi connectivity index (χ0v) is 9.32. The van der Waals surface area contributed by atoms with Gasteiger partial charge in [0.2, 0.25) is 0 Å². The van der Waals surface area contributed by atoms with E-state index in [9.17, 15) is 0 Å². The van der Waals surface area contributed by atoms with Crippen LogP contribution >= 0.6 is 0 Å². The van der Waals surface area contributed by atoms with Crippen LogP contribution < -0.4 is 5.32 Å². The molecule has 4 nitrogen and oxygen atoms in total. The lowest BCUT2D eigenvalue weighted by Crippen LogP contribution is -2.23. The first kappa shape index (κ1) is 11.2. The van der Waals surface area contributed by atoms with Crippen LogP contribution in [0.15, 0.2) is 12.5 Å². The number of rotatable bonds is 5. The van der Waals surface area contributed by atoms with Crippen molar-refractivity contribution in [3.8, 4) is 0 Å². The summed E-state index contributed by atoms with van der Waals surface area (Å²) >= 11 is 0. The van der Waals surface area contributed by atoms with Crippen molar-refractivity contribution in [1.82, 2.24) is 14.9 Å². The average molecular weight is 197 g/mol. The molecule has 1 aromatic rings. The number of ether oxygens (including phenoxy) is 1. The molecule has 0 saturated carbocycles. The van der Waals surface area contributed by atoms with Gasteiger partial charge in [-0.3, -0.25) is 0 Å². The minimum absolute atomic E-state index is 0.179. The summed E-state index contributed by atoms with van der Waals surface area (Å²) < 4.78 is 7.49. The van der Waals surface area contributed by atoms with E-state index in [-0.39, 0.29) is 12.1 Å². The lowest BCUT2D eigenvalue weighted by molar-refractivity contribution is 0.0619. The molecular formula is C10H19N3O. The SMILES string of the molecule is CNC(COC(C)C)c1cn(C)cn1. The Morgan fingerprint density at radius 2 is 2.29 bits per heavy atom. The van der Waals surface area contributed by atoms with Crippen LogP contribution in [0.4, 0.5) is 0 Å². The van der Waals surface area contributed by atoms with Crippen molar-refractivity contribution < 1.29 is 4.74 Å². The monoisotopic (exact) mass is 197 g/mol. The van der Waals surface area contributed by atoms with E-state index in [4.69, 9.17) is 4.74 Å². The molecule has 0 fully saturated rings. The minimum Gasteiger partial charge on any atom is -0.377 e. The second-order valence-electron chi connectivity index (χ2n) is 3.69. The zero-order chi connectivity index (χ0) is 10.6. The van der Waals surface area contributed by atoms with Gasteiger partial charge in [0, 0.05) is 13.2 Å². The van der Waals surface area contributed by atoms with Crippen molar-refractivity contribution in [1.29, 1.82) is 0 Å². The van der Waals surface area contributed by atoms with E-state index >= 15 is 0 Å². The Balaban J connectivity index is 2.54. The summed E-state index contributed by atoms with van der Waals surface area (Å²) in [4.78, 5) is 4.29. The van der Waals surface area contributed by atoms with Crippen LogP contribution in [0.25, 0.3) is 0 Å². The maximum Gasteiger partial charge on any atom is 0.0947 e. The van der Waals surface area contributed by atoms with Gasteiger partial charge >= 0.3 is 0 Å². The van der Waals surface area contributed by atoms with E-state index in [2.05, 4.69) is 10.3 Å². The molecule has 0 aliphatic carbocycles. The predicted molar refractivity (Wildman–Crippen MR) is 56.1 cm³/mol. The Kier molecular flexibility index (Phi) is 4.10. The number of nitrogens with zero attached hydrogens (tertiary/aromatic N) is 2. The van der Waals surface area contributed by atoms with Gasteiger partial charge in [0.15, 0.2) is 0 Å². The van der Waals surface area contributed by atoms with Crippen molar-refractivity contribution >= 4 is 0 Å². The van der Waals surface area contributed by atoms with Gasteiger partial charge in [-0.2, -0.15) is 0 Å². The number of aryl methyl sites for hydroxylation is 1. The molecule has 4 heteroatoms. The molecule has 0 aromatic carbocycles. The summed E-state index contributed by atoms with van der Waals surface area (Å²) in [7, 11) is 3.88. The van der Waals surface area contributed by atoms with Crippen molar-refractivity contribution in [2.24, 2.45) is 7.05 Å². The van der Waals surface area contributed by atoms with E-state index in [1.807, 2.05) is 38.7 Å². The number of aromatic nitrogens is 2. The van der Waals surface area contributed by atoms with Gasteiger partial charge in [-0.15, -0.1) is 0 Å². The van der Waals surface area contributed by atoms with Crippen LogP contribution in [0.2, 0.25) is 0 Å². The van der Waals surface area contributed by atoms with Crippen molar-refractivity contribution in [3.63, 3.8) is 0 Å². The number of likely N-dealkylation sites (N-methyl/N-ethyl adjacent to an activating group) is 1. The Morgan fingerprint density at radius 3 is 2.71 bits per heavy atom. The second-order valence-corrected chi connectivity index (χ2v) is 3.69. The highest BCUT2D eigenvalue weighted by molar-refractivity contribution is 5.03. The van der Waals surface area contributed by atoms with Gasteiger partial charge in [0.25, 0.3) is 0 Å². The third-order valence-corrected chi connectivity index (χ3v) is 2.03. The Hall–Kier alpha value is -0.870. The van der Waals surface area contributed by atoms with Crippen LogP contribution in [0.5, 0.6) is 0 Å². The number of hydrogen-bond donors (Lipinski definition) is 1. The van der Waals surface area contributed by atoms with Crippen LogP contribution in [0, 0.1) is 0 Å². The lowest BCUT2D eigenvalue weighted by Gasteiger charge is -2.15. The topological polar surface area (TPSA) is 39.1 Å². The predicted octanol–water partition coefficient (Wildman–Crippen LogP) is 1.11. The fraction of sp³-hybridized carbons (Fsp3) is 0.700. The van der Waals surface area contributed by atoms with Crippen LogP contribution in [-0.4, -0.2) is 29.3 Å². The molecule has 0 radical (unpaired) electrons. The zero-order valence-electron chi connectivity index (χ0n) is 9.32. The Morgan fingerprint density at radius 1 is 1.57 bits per heavy atom. The summed E-state index contributed by atoms with van der Waals surface area (Å²) in [5.41, 5.74) is 1.02. The van der Waals surface area contributed by atoms with Gasteiger partial charge in [0.1, 0.15) is 0 Å². The fourth-order valence-corrected chi connectivity index (χ4v) is 1.22. The highest BCUT2D eigenvalue weighted by Crippen LogP contribution is 2.10. The molecule has 0 saturated heterocycles. The number of imidazole rings is 1. The van der Waals surface area contributed by atoms with Gasteiger partial charge in [-0.1, -0.05) is 0 Å². The minimum atomic E-state index is 0.179. The fourth-order valence-electron chi connectivity index (χ4n) is 1.22. The largest absolute Gasteiger partial charge is 0.377 e. The molecule has 0 aliphatic heterocycles. The average Bonchev–Trinajstić information content (AvgIpc) is 2.53. The van der Waals surface area contributed by atoms with Crippen LogP contribution in [-0.2, 0) is 11.8 Å². The Labute approximate surface area is 85.3 Å². The van der Waals surface area contributed by atoms with E-state index in [0.717, 1.165) is 5.69 Å². The van der Waals surface area contributed by atoms with Crippen LogP contribution in [0.3, 0.4) is 0 Å². The standard InChI is InChI=1S/C10H19N3O/c1-8(2)14-6-10(11-3)9-5-13(4)7-12-9/h5,7-8,10-11H,6H2,1-4H3. The van der Waals surface area contributed by atoms with Crippen molar-refractivity contribution in [2.45, 2.75) is 26.0 Å². The molecule has 0 aliphatic rings. The summed E-state index contributed by atoms with van der Waals surface area (Å²) in [5.74, 6) is 0. The lowest BCUT2D eigenvalue weighted by atomic mass is 10.2. The molecule has 1 aromatic heterocycles. The van der Waals surface area contributed by atoms with Crippen LogP contribution in [0.1, 0.15) is 25.6 Å². The second kappa shape index (κ2) is 5.12. The normalized spacial score (nSPS) is 13.5.